The Balaban J connectivity index is 1.69. The summed E-state index contributed by atoms with van der Waals surface area (Å²) in [7, 11) is 0. The molecule has 0 saturated heterocycles. The third-order valence-electron chi connectivity index (χ3n) is 2.69. The minimum absolute atomic E-state index is 0.364. The van der Waals surface area contributed by atoms with Gasteiger partial charge in [-0.25, -0.2) is 4.98 Å². The lowest BCUT2D eigenvalue weighted by molar-refractivity contribution is 0.424. The van der Waals surface area contributed by atoms with Gasteiger partial charge in [0.2, 0.25) is 0 Å². The van der Waals surface area contributed by atoms with Gasteiger partial charge in [-0.05, 0) is 24.3 Å². The van der Waals surface area contributed by atoms with Crippen molar-refractivity contribution in [3.05, 3.63) is 60.0 Å². The molecule has 0 bridgehead atoms. The fraction of sp³-hybridized carbons (Fsp3) is 0.0667. The van der Waals surface area contributed by atoms with Crippen LogP contribution in [0.2, 0.25) is 0 Å². The van der Waals surface area contributed by atoms with Crippen LogP contribution in [0.25, 0.3) is 11.6 Å². The van der Waals surface area contributed by atoms with Gasteiger partial charge in [0.05, 0.1) is 11.3 Å². The fourth-order valence-electron chi connectivity index (χ4n) is 1.67. The Morgan fingerprint density at radius 3 is 2.71 bits per heavy atom. The average Bonchev–Trinajstić information content (AvgIpc) is 3.03. The predicted octanol–water partition coefficient (Wildman–Crippen LogP) is 3.30. The zero-order valence-electron chi connectivity index (χ0n) is 10.9. The first-order chi connectivity index (χ1) is 10.3. The Morgan fingerprint density at radius 2 is 2.00 bits per heavy atom. The molecular weight excluding hydrogens is 284 g/mol. The third kappa shape index (κ3) is 3.27. The van der Waals surface area contributed by atoms with Crippen LogP contribution in [0.4, 0.5) is 0 Å². The number of nitriles is 1. The molecular formula is C15H10N4OS. The van der Waals surface area contributed by atoms with Crippen LogP contribution >= 0.6 is 11.8 Å². The molecule has 0 atom stereocenters. The summed E-state index contributed by atoms with van der Waals surface area (Å²) in [6.07, 6.45) is 1.48. The molecule has 0 saturated carbocycles. The van der Waals surface area contributed by atoms with Crippen molar-refractivity contribution in [3.8, 4) is 17.7 Å². The first-order valence-electron chi connectivity index (χ1n) is 6.22. The van der Waals surface area contributed by atoms with Crippen LogP contribution in [0, 0.1) is 11.3 Å². The number of hydrogen-bond donors (Lipinski definition) is 0. The summed E-state index contributed by atoms with van der Waals surface area (Å²) in [6.45, 7) is 0. The Kier molecular flexibility index (Phi) is 3.94. The van der Waals surface area contributed by atoms with E-state index in [0.29, 0.717) is 28.7 Å². The van der Waals surface area contributed by atoms with Gasteiger partial charge in [-0.1, -0.05) is 23.4 Å². The summed E-state index contributed by atoms with van der Waals surface area (Å²) in [5.74, 6) is 1.61. The second kappa shape index (κ2) is 6.20. The van der Waals surface area contributed by atoms with Crippen LogP contribution in [0.15, 0.2) is 58.1 Å². The van der Waals surface area contributed by atoms with Gasteiger partial charge in [0.15, 0.2) is 5.82 Å². The lowest BCUT2D eigenvalue weighted by Crippen LogP contribution is -1.86. The molecule has 0 unspecified atom stereocenters. The topological polar surface area (TPSA) is 75.6 Å². The average molecular weight is 294 g/mol. The van der Waals surface area contributed by atoms with Crippen molar-refractivity contribution >= 4 is 11.8 Å². The Hall–Kier alpha value is -2.65. The van der Waals surface area contributed by atoms with Crippen molar-refractivity contribution in [2.75, 3.05) is 0 Å². The van der Waals surface area contributed by atoms with Crippen molar-refractivity contribution in [2.45, 2.75) is 10.6 Å². The molecule has 3 rings (SSSR count). The minimum atomic E-state index is 0.364. The van der Waals surface area contributed by atoms with Crippen LogP contribution in [0.1, 0.15) is 11.4 Å². The summed E-state index contributed by atoms with van der Waals surface area (Å²) < 4.78 is 5.19. The third-order valence-corrected chi connectivity index (χ3v) is 3.70. The van der Waals surface area contributed by atoms with Gasteiger partial charge in [0.25, 0.3) is 5.89 Å². The Bertz CT molecular complexity index is 762. The highest BCUT2D eigenvalue weighted by Crippen LogP contribution is 2.22. The number of nitrogens with zero attached hydrogens (tertiary/aromatic N) is 4. The molecule has 3 aromatic rings. The van der Waals surface area contributed by atoms with Crippen LogP contribution in [0.5, 0.6) is 0 Å². The SMILES string of the molecule is N#Cc1ccc(-c2nc(CSc3ccccc3)no2)nc1. The van der Waals surface area contributed by atoms with E-state index in [-0.39, 0.29) is 0 Å². The number of thioether (sulfide) groups is 1. The van der Waals surface area contributed by atoms with Gasteiger partial charge in [0, 0.05) is 11.1 Å². The van der Waals surface area contributed by atoms with Crippen LogP contribution in [-0.2, 0) is 5.75 Å². The normalized spacial score (nSPS) is 10.2. The maximum absolute atomic E-state index is 8.74. The Labute approximate surface area is 125 Å². The first kappa shape index (κ1) is 13.3. The van der Waals surface area contributed by atoms with E-state index in [4.69, 9.17) is 9.78 Å². The van der Waals surface area contributed by atoms with Gasteiger partial charge in [-0.15, -0.1) is 11.8 Å². The highest BCUT2D eigenvalue weighted by atomic mass is 32.2. The maximum Gasteiger partial charge on any atom is 0.276 e. The molecule has 0 fully saturated rings. The molecule has 0 N–H and O–H groups in total. The molecule has 5 nitrogen and oxygen atoms in total. The number of aromatic nitrogens is 3. The molecule has 6 heteroatoms. The minimum Gasteiger partial charge on any atom is -0.332 e. The standard InChI is InChI=1S/C15H10N4OS/c16-8-11-6-7-13(17-9-11)15-18-14(19-20-15)10-21-12-4-2-1-3-5-12/h1-7,9H,10H2. The fourth-order valence-corrected chi connectivity index (χ4v) is 2.43. The molecule has 2 heterocycles. The molecule has 0 spiro atoms. The molecule has 0 radical (unpaired) electrons. The molecule has 0 aliphatic rings. The highest BCUT2D eigenvalue weighted by Gasteiger charge is 2.10. The molecule has 0 aliphatic carbocycles. The lowest BCUT2D eigenvalue weighted by Gasteiger charge is -1.96. The van der Waals surface area contributed by atoms with Gasteiger partial charge in [-0.3, -0.25) is 0 Å². The molecule has 102 valence electrons. The number of pyridine rings is 1. The van der Waals surface area contributed by atoms with E-state index >= 15 is 0 Å². The summed E-state index contributed by atoms with van der Waals surface area (Å²) in [6, 6.07) is 15.4. The zero-order valence-corrected chi connectivity index (χ0v) is 11.7. The number of hydrogen-bond acceptors (Lipinski definition) is 6. The molecule has 21 heavy (non-hydrogen) atoms. The van der Waals surface area contributed by atoms with E-state index in [1.807, 2.05) is 36.4 Å². The van der Waals surface area contributed by atoms with Gasteiger partial charge in [-0.2, -0.15) is 10.2 Å². The molecule has 1 aromatic carbocycles. The first-order valence-corrected chi connectivity index (χ1v) is 7.20. The van der Waals surface area contributed by atoms with Crippen molar-refractivity contribution < 1.29 is 4.52 Å². The van der Waals surface area contributed by atoms with Crippen molar-refractivity contribution in [1.29, 1.82) is 5.26 Å². The van der Waals surface area contributed by atoms with Gasteiger partial charge in [0.1, 0.15) is 11.8 Å². The van der Waals surface area contributed by atoms with E-state index in [0.717, 1.165) is 4.90 Å². The van der Waals surface area contributed by atoms with E-state index in [1.54, 1.807) is 23.9 Å². The summed E-state index contributed by atoms with van der Waals surface area (Å²) in [5.41, 5.74) is 1.07. The summed E-state index contributed by atoms with van der Waals surface area (Å²) in [4.78, 5) is 9.59. The van der Waals surface area contributed by atoms with E-state index in [1.165, 1.54) is 6.20 Å². The van der Waals surface area contributed by atoms with E-state index in [2.05, 4.69) is 15.1 Å². The van der Waals surface area contributed by atoms with Crippen LogP contribution in [0.3, 0.4) is 0 Å². The van der Waals surface area contributed by atoms with Crippen molar-refractivity contribution in [3.63, 3.8) is 0 Å². The summed E-state index contributed by atoms with van der Waals surface area (Å²) >= 11 is 1.64. The second-order valence-corrected chi connectivity index (χ2v) is 5.21. The van der Waals surface area contributed by atoms with E-state index in [9.17, 15) is 0 Å². The monoisotopic (exact) mass is 294 g/mol. The predicted molar refractivity (Wildman–Crippen MR) is 78.2 cm³/mol. The Morgan fingerprint density at radius 1 is 1.14 bits per heavy atom. The smallest absolute Gasteiger partial charge is 0.276 e. The summed E-state index contributed by atoms with van der Waals surface area (Å²) in [5, 5.41) is 12.7. The number of rotatable bonds is 4. The largest absolute Gasteiger partial charge is 0.332 e. The molecule has 0 aliphatic heterocycles. The quantitative estimate of drug-likeness (QED) is 0.687. The highest BCUT2D eigenvalue weighted by molar-refractivity contribution is 7.98. The molecule has 2 aromatic heterocycles. The van der Waals surface area contributed by atoms with E-state index < -0.39 is 0 Å². The van der Waals surface area contributed by atoms with Crippen molar-refractivity contribution in [2.24, 2.45) is 0 Å². The van der Waals surface area contributed by atoms with Crippen LogP contribution in [-0.4, -0.2) is 15.1 Å². The van der Waals surface area contributed by atoms with Crippen LogP contribution < -0.4 is 0 Å². The lowest BCUT2D eigenvalue weighted by atomic mass is 10.3. The number of benzene rings is 1. The molecule has 0 amide bonds. The maximum atomic E-state index is 8.74. The zero-order chi connectivity index (χ0) is 14.5. The van der Waals surface area contributed by atoms with Gasteiger partial charge < -0.3 is 4.52 Å². The second-order valence-electron chi connectivity index (χ2n) is 4.16. The van der Waals surface area contributed by atoms with Crippen molar-refractivity contribution in [1.82, 2.24) is 15.1 Å². The van der Waals surface area contributed by atoms with Gasteiger partial charge >= 0.3 is 0 Å².